The molecule has 34 heavy (non-hydrogen) atoms. The number of para-hydroxylation sites is 1. The van der Waals surface area contributed by atoms with Crippen molar-refractivity contribution in [2.45, 2.75) is 12.6 Å². The second-order valence-corrected chi connectivity index (χ2v) is 7.77. The fourth-order valence-electron chi connectivity index (χ4n) is 3.76. The number of halogens is 4. The SMILES string of the molecule is NC=CC(=Nc1ccccc1)c1nn(-c2ccc(N3CCC(C(F)(F)F)C3)cc2F)ccc1=O. The van der Waals surface area contributed by atoms with E-state index in [1.807, 2.05) is 6.07 Å². The molecular weight excluding hydrogens is 450 g/mol. The molecule has 0 spiro atoms. The minimum absolute atomic E-state index is 0.0321. The predicted molar refractivity (Wildman–Crippen MR) is 122 cm³/mol. The van der Waals surface area contributed by atoms with Crippen LogP contribution in [0, 0.1) is 11.7 Å². The lowest BCUT2D eigenvalue weighted by atomic mass is 10.1. The van der Waals surface area contributed by atoms with Gasteiger partial charge in [0, 0.05) is 31.0 Å². The number of rotatable bonds is 5. The van der Waals surface area contributed by atoms with Gasteiger partial charge in [-0.05, 0) is 49.0 Å². The second-order valence-electron chi connectivity index (χ2n) is 7.77. The third-order valence-corrected chi connectivity index (χ3v) is 5.51. The summed E-state index contributed by atoms with van der Waals surface area (Å²) in [7, 11) is 0. The molecule has 1 saturated heterocycles. The van der Waals surface area contributed by atoms with Gasteiger partial charge in [-0.25, -0.2) is 14.1 Å². The van der Waals surface area contributed by atoms with E-state index < -0.39 is 23.3 Å². The van der Waals surface area contributed by atoms with E-state index in [4.69, 9.17) is 5.73 Å². The zero-order valence-electron chi connectivity index (χ0n) is 17.9. The molecule has 0 saturated carbocycles. The van der Waals surface area contributed by atoms with Crippen molar-refractivity contribution in [2.75, 3.05) is 18.0 Å². The van der Waals surface area contributed by atoms with E-state index in [2.05, 4.69) is 10.1 Å². The molecule has 1 aliphatic rings. The molecule has 1 fully saturated rings. The average Bonchev–Trinajstić information content (AvgIpc) is 3.31. The first-order valence-electron chi connectivity index (χ1n) is 10.5. The molecule has 6 nitrogen and oxygen atoms in total. The van der Waals surface area contributed by atoms with Gasteiger partial charge in [0.05, 0.1) is 17.3 Å². The maximum absolute atomic E-state index is 15.0. The Labute approximate surface area is 192 Å². The molecule has 1 aliphatic heterocycles. The first-order chi connectivity index (χ1) is 16.3. The zero-order valence-corrected chi connectivity index (χ0v) is 17.9. The molecule has 176 valence electrons. The van der Waals surface area contributed by atoms with E-state index in [-0.39, 0.29) is 36.6 Å². The van der Waals surface area contributed by atoms with Gasteiger partial charge in [0.2, 0.25) is 5.43 Å². The van der Waals surface area contributed by atoms with Crippen molar-refractivity contribution in [3.63, 3.8) is 0 Å². The predicted octanol–water partition coefficient (Wildman–Crippen LogP) is 4.35. The van der Waals surface area contributed by atoms with Crippen molar-refractivity contribution in [1.82, 2.24) is 9.78 Å². The Morgan fingerprint density at radius 3 is 2.56 bits per heavy atom. The number of benzene rings is 2. The highest BCUT2D eigenvalue weighted by Gasteiger charge is 2.43. The first kappa shape index (κ1) is 23.2. The molecule has 0 aliphatic carbocycles. The maximum atomic E-state index is 15.0. The molecule has 0 bridgehead atoms. The van der Waals surface area contributed by atoms with E-state index in [0.717, 1.165) is 0 Å². The normalized spacial score (nSPS) is 17.0. The highest BCUT2D eigenvalue weighted by molar-refractivity contribution is 6.08. The minimum atomic E-state index is -4.28. The number of anilines is 1. The summed E-state index contributed by atoms with van der Waals surface area (Å²) < 4.78 is 55.1. The van der Waals surface area contributed by atoms with E-state index in [9.17, 15) is 22.4 Å². The summed E-state index contributed by atoms with van der Waals surface area (Å²) >= 11 is 0. The highest BCUT2D eigenvalue weighted by Crippen LogP contribution is 2.35. The van der Waals surface area contributed by atoms with Crippen molar-refractivity contribution in [2.24, 2.45) is 16.6 Å². The summed E-state index contributed by atoms with van der Waals surface area (Å²) in [6.07, 6.45) is -0.354. The third kappa shape index (κ3) is 5.00. The number of allylic oxidation sites excluding steroid dienone is 1. The van der Waals surface area contributed by atoms with E-state index in [1.165, 1.54) is 52.3 Å². The van der Waals surface area contributed by atoms with E-state index >= 15 is 0 Å². The molecule has 2 N–H and O–H groups in total. The maximum Gasteiger partial charge on any atom is 0.393 e. The minimum Gasteiger partial charge on any atom is -0.405 e. The molecule has 1 aromatic heterocycles. The number of nitrogens with zero attached hydrogens (tertiary/aromatic N) is 4. The van der Waals surface area contributed by atoms with Crippen LogP contribution in [0.1, 0.15) is 12.1 Å². The lowest BCUT2D eigenvalue weighted by Gasteiger charge is -2.20. The number of hydrogen-bond acceptors (Lipinski definition) is 5. The molecular formula is C24H21F4N5O. The summed E-state index contributed by atoms with van der Waals surface area (Å²) in [5, 5.41) is 4.25. The Bertz CT molecular complexity index is 1280. The largest absolute Gasteiger partial charge is 0.405 e. The first-order valence-corrected chi connectivity index (χ1v) is 10.5. The Hall–Kier alpha value is -3.95. The number of nitrogens with two attached hydrogens (primary N) is 1. The Morgan fingerprint density at radius 2 is 1.91 bits per heavy atom. The van der Waals surface area contributed by atoms with Gasteiger partial charge < -0.3 is 10.6 Å². The van der Waals surface area contributed by atoms with Crippen LogP contribution in [0.3, 0.4) is 0 Å². The smallest absolute Gasteiger partial charge is 0.393 e. The van der Waals surface area contributed by atoms with E-state index in [1.54, 1.807) is 24.3 Å². The Kier molecular flexibility index (Phi) is 6.49. The lowest BCUT2D eigenvalue weighted by molar-refractivity contribution is -0.168. The van der Waals surface area contributed by atoms with Gasteiger partial charge in [-0.2, -0.15) is 18.3 Å². The summed E-state index contributed by atoms with van der Waals surface area (Å²) in [6.45, 7) is -0.0262. The van der Waals surface area contributed by atoms with Crippen LogP contribution in [-0.4, -0.2) is 34.8 Å². The quantitative estimate of drug-likeness (QED) is 0.443. The van der Waals surface area contributed by atoms with Gasteiger partial charge in [-0.15, -0.1) is 0 Å². The molecule has 1 unspecified atom stereocenters. The highest BCUT2D eigenvalue weighted by atomic mass is 19.4. The third-order valence-electron chi connectivity index (χ3n) is 5.51. The van der Waals surface area contributed by atoms with Crippen LogP contribution in [-0.2, 0) is 0 Å². The summed E-state index contributed by atoms with van der Waals surface area (Å²) in [4.78, 5) is 18.4. The number of aliphatic imine (C=N–C) groups is 1. The molecule has 2 aromatic carbocycles. The van der Waals surface area contributed by atoms with Crippen molar-refractivity contribution >= 4 is 17.1 Å². The fourth-order valence-corrected chi connectivity index (χ4v) is 3.76. The van der Waals surface area contributed by atoms with Crippen LogP contribution in [0.4, 0.5) is 28.9 Å². The van der Waals surface area contributed by atoms with Crippen LogP contribution in [0.5, 0.6) is 0 Å². The van der Waals surface area contributed by atoms with Crippen molar-refractivity contribution in [3.05, 3.63) is 94.8 Å². The van der Waals surface area contributed by atoms with Crippen LogP contribution < -0.4 is 16.1 Å². The van der Waals surface area contributed by atoms with Crippen LogP contribution >= 0.6 is 0 Å². The van der Waals surface area contributed by atoms with Crippen LogP contribution in [0.15, 0.2) is 82.9 Å². The molecule has 0 amide bonds. The number of alkyl halides is 3. The van der Waals surface area contributed by atoms with Gasteiger partial charge in [0.25, 0.3) is 0 Å². The van der Waals surface area contributed by atoms with Crippen molar-refractivity contribution in [3.8, 4) is 5.69 Å². The Morgan fingerprint density at radius 1 is 1.15 bits per heavy atom. The lowest BCUT2D eigenvalue weighted by Crippen LogP contribution is -2.27. The topological polar surface area (TPSA) is 76.5 Å². The summed E-state index contributed by atoms with van der Waals surface area (Å²) in [6, 6.07) is 14.2. The summed E-state index contributed by atoms with van der Waals surface area (Å²) in [5.41, 5.74) is 6.21. The zero-order chi connectivity index (χ0) is 24.3. The van der Waals surface area contributed by atoms with Gasteiger partial charge in [-0.1, -0.05) is 18.2 Å². The van der Waals surface area contributed by atoms with Crippen LogP contribution in [0.25, 0.3) is 5.69 Å². The van der Waals surface area contributed by atoms with Crippen molar-refractivity contribution < 1.29 is 17.6 Å². The molecule has 2 heterocycles. The monoisotopic (exact) mass is 471 g/mol. The van der Waals surface area contributed by atoms with E-state index in [0.29, 0.717) is 11.4 Å². The van der Waals surface area contributed by atoms with Crippen LogP contribution in [0.2, 0.25) is 0 Å². The molecule has 3 aromatic rings. The number of aromatic nitrogens is 2. The molecule has 4 rings (SSSR count). The van der Waals surface area contributed by atoms with Gasteiger partial charge in [-0.3, -0.25) is 4.79 Å². The molecule has 1 atom stereocenters. The molecule has 0 radical (unpaired) electrons. The number of hydrogen-bond donors (Lipinski definition) is 1. The van der Waals surface area contributed by atoms with Gasteiger partial charge in [0.1, 0.15) is 5.69 Å². The van der Waals surface area contributed by atoms with Gasteiger partial charge in [0.15, 0.2) is 11.5 Å². The van der Waals surface area contributed by atoms with Gasteiger partial charge >= 0.3 is 6.18 Å². The standard InChI is InChI=1S/C24H21F4N5O/c25-19-14-18(32-12-9-16(15-32)24(26,27)28)6-7-21(19)33-13-10-22(34)23(31-33)20(8-11-29)30-17-4-2-1-3-5-17/h1-8,10-11,13-14,16H,9,12,15,29H2. The molecule has 10 heteroatoms. The fraction of sp³-hybridized carbons (Fsp3) is 0.208. The van der Waals surface area contributed by atoms with Crippen molar-refractivity contribution in [1.29, 1.82) is 0 Å². The summed E-state index contributed by atoms with van der Waals surface area (Å²) in [5.74, 6) is -2.12. The average molecular weight is 471 g/mol. The Balaban J connectivity index is 1.66. The second kappa shape index (κ2) is 9.50.